The minimum absolute atomic E-state index is 0.0506. The van der Waals surface area contributed by atoms with Gasteiger partial charge in [0, 0.05) is 12.0 Å². The van der Waals surface area contributed by atoms with Crippen molar-refractivity contribution in [2.45, 2.75) is 11.3 Å². The van der Waals surface area contributed by atoms with Crippen molar-refractivity contribution >= 4 is 44.5 Å². The first-order valence-electron chi connectivity index (χ1n) is 8.75. The Morgan fingerprint density at radius 2 is 1.87 bits per heavy atom. The quantitative estimate of drug-likeness (QED) is 0.682. The minimum atomic E-state index is -4.10. The molecule has 30 heavy (non-hydrogen) atoms. The summed E-state index contributed by atoms with van der Waals surface area (Å²) in [6.07, 6.45) is 1.84. The van der Waals surface area contributed by atoms with Crippen LogP contribution < -0.4 is 5.32 Å². The van der Waals surface area contributed by atoms with Gasteiger partial charge in [0.2, 0.25) is 6.79 Å². The molecule has 2 aromatic rings. The zero-order chi connectivity index (χ0) is 21.1. The van der Waals surface area contributed by atoms with Gasteiger partial charge in [-0.1, -0.05) is 54.1 Å². The van der Waals surface area contributed by atoms with Gasteiger partial charge in [-0.15, -0.1) is 4.40 Å². The van der Waals surface area contributed by atoms with Crippen LogP contribution in [0.15, 0.2) is 86.4 Å². The van der Waals surface area contributed by atoms with Crippen LogP contribution in [-0.4, -0.2) is 26.3 Å². The summed E-state index contributed by atoms with van der Waals surface area (Å²) in [5, 5.41) is 2.51. The Balaban J connectivity index is 1.70. The fourth-order valence-corrected chi connectivity index (χ4v) is 5.43. The molecular formula is C20H15ClN2O5S2. The number of benzene rings is 2. The Morgan fingerprint density at radius 1 is 1.13 bits per heavy atom. The molecular weight excluding hydrogens is 448 g/mol. The minimum Gasteiger partial charge on any atom is -0.461 e. The molecule has 4 rings (SSSR count). The normalized spacial score (nSPS) is 19.2. The molecule has 0 radical (unpaired) electrons. The number of ether oxygens (including phenoxy) is 2. The van der Waals surface area contributed by atoms with E-state index in [9.17, 15) is 13.2 Å². The van der Waals surface area contributed by atoms with Crippen molar-refractivity contribution < 1.29 is 22.7 Å². The fourth-order valence-electron chi connectivity index (χ4n) is 2.85. The van der Waals surface area contributed by atoms with E-state index in [0.29, 0.717) is 22.7 Å². The first-order valence-corrected chi connectivity index (χ1v) is 11.4. The maximum atomic E-state index is 12.6. The zero-order valence-electron chi connectivity index (χ0n) is 15.4. The van der Waals surface area contributed by atoms with Crippen molar-refractivity contribution in [2.24, 2.45) is 4.40 Å². The highest BCUT2D eigenvalue weighted by molar-refractivity contribution is 8.19. The van der Waals surface area contributed by atoms with Crippen LogP contribution in [0.5, 0.6) is 0 Å². The molecule has 1 N–H and O–H groups in total. The van der Waals surface area contributed by atoms with Gasteiger partial charge in [0.05, 0.1) is 9.93 Å². The Morgan fingerprint density at radius 3 is 2.57 bits per heavy atom. The summed E-state index contributed by atoms with van der Waals surface area (Å²) in [4.78, 5) is 12.8. The summed E-state index contributed by atoms with van der Waals surface area (Å²) >= 11 is 6.92. The van der Waals surface area contributed by atoms with Crippen molar-refractivity contribution in [1.29, 1.82) is 0 Å². The van der Waals surface area contributed by atoms with Crippen molar-refractivity contribution in [2.75, 3.05) is 6.79 Å². The lowest BCUT2D eigenvalue weighted by Crippen LogP contribution is -2.21. The average molecular weight is 463 g/mol. The van der Waals surface area contributed by atoms with Crippen LogP contribution in [0.1, 0.15) is 5.56 Å². The zero-order valence-corrected chi connectivity index (χ0v) is 17.8. The first-order chi connectivity index (χ1) is 14.4. The molecule has 2 aliphatic heterocycles. The van der Waals surface area contributed by atoms with Gasteiger partial charge in [0.1, 0.15) is 11.2 Å². The summed E-state index contributed by atoms with van der Waals surface area (Å²) in [5.74, 6) is -0.0397. The van der Waals surface area contributed by atoms with Crippen LogP contribution in [0.3, 0.4) is 0 Å². The third kappa shape index (κ3) is 4.38. The molecule has 0 unspecified atom stereocenters. The monoisotopic (exact) mass is 462 g/mol. The van der Waals surface area contributed by atoms with E-state index < -0.39 is 15.9 Å². The van der Waals surface area contributed by atoms with Crippen molar-refractivity contribution in [1.82, 2.24) is 5.32 Å². The number of hydrogen-bond acceptors (Lipinski definition) is 6. The highest BCUT2D eigenvalue weighted by atomic mass is 35.5. The number of amidine groups is 1. The molecule has 1 saturated heterocycles. The van der Waals surface area contributed by atoms with Crippen LogP contribution in [0.2, 0.25) is 5.02 Å². The lowest BCUT2D eigenvalue weighted by molar-refractivity contribution is -0.115. The number of rotatable bonds is 5. The summed E-state index contributed by atoms with van der Waals surface area (Å²) in [5.41, 5.74) is 1.54. The third-order valence-corrected chi connectivity index (χ3v) is 7.13. The number of halogens is 1. The van der Waals surface area contributed by atoms with E-state index in [2.05, 4.69) is 9.71 Å². The number of hydrogen-bond donors (Lipinski definition) is 1. The second-order valence-electron chi connectivity index (χ2n) is 6.24. The van der Waals surface area contributed by atoms with E-state index in [4.69, 9.17) is 21.1 Å². The van der Waals surface area contributed by atoms with Crippen LogP contribution in [0.25, 0.3) is 0 Å². The molecule has 154 valence electrons. The van der Waals surface area contributed by atoms with Crippen molar-refractivity contribution in [3.8, 4) is 0 Å². The van der Waals surface area contributed by atoms with Crippen LogP contribution in [-0.2, 0) is 30.7 Å². The summed E-state index contributed by atoms with van der Waals surface area (Å²) in [6, 6.07) is 15.5. The summed E-state index contributed by atoms with van der Waals surface area (Å²) in [6.45, 7) is 0.0506. The predicted octanol–water partition coefficient (Wildman–Crippen LogP) is 3.59. The topological polar surface area (TPSA) is 94.1 Å². The summed E-state index contributed by atoms with van der Waals surface area (Å²) in [7, 11) is -4.10. The van der Waals surface area contributed by atoms with Gasteiger partial charge in [-0.25, -0.2) is 0 Å². The number of allylic oxidation sites excluding steroid dienone is 1. The van der Waals surface area contributed by atoms with E-state index in [0.717, 1.165) is 17.3 Å². The van der Waals surface area contributed by atoms with E-state index in [1.54, 1.807) is 12.1 Å². The van der Waals surface area contributed by atoms with Crippen LogP contribution >= 0.6 is 23.4 Å². The third-order valence-electron chi connectivity index (χ3n) is 4.21. The SMILES string of the molecule is O=C1NC(=NS(=O)(=O)c2ccccc2Cl)SC1=C(Cc1ccccc1)C1=COCO1. The van der Waals surface area contributed by atoms with Crippen molar-refractivity contribution in [3.63, 3.8) is 0 Å². The van der Waals surface area contributed by atoms with Gasteiger partial charge in [-0.05, 0) is 29.5 Å². The maximum absolute atomic E-state index is 12.6. The van der Waals surface area contributed by atoms with Gasteiger partial charge in [-0.3, -0.25) is 10.1 Å². The van der Waals surface area contributed by atoms with Crippen molar-refractivity contribution in [3.05, 3.63) is 87.7 Å². The smallest absolute Gasteiger partial charge is 0.286 e. The number of nitrogens with zero attached hydrogens (tertiary/aromatic N) is 1. The highest BCUT2D eigenvalue weighted by Crippen LogP contribution is 2.35. The number of carbonyl (C=O) groups excluding carboxylic acids is 1. The molecule has 1 fully saturated rings. The number of nitrogens with one attached hydrogen (secondary N) is 1. The Bertz CT molecular complexity index is 1190. The molecule has 0 saturated carbocycles. The number of carbonyl (C=O) groups is 1. The van der Waals surface area contributed by atoms with Gasteiger partial charge in [0.25, 0.3) is 15.9 Å². The van der Waals surface area contributed by atoms with E-state index >= 15 is 0 Å². The molecule has 0 spiro atoms. The van der Waals surface area contributed by atoms with Crippen LogP contribution in [0.4, 0.5) is 0 Å². The molecule has 10 heteroatoms. The number of amides is 1. The van der Waals surface area contributed by atoms with Gasteiger partial charge in [-0.2, -0.15) is 8.42 Å². The Kier molecular flexibility index (Phi) is 5.85. The molecule has 2 heterocycles. The van der Waals surface area contributed by atoms with Gasteiger partial charge < -0.3 is 9.47 Å². The first kappa shape index (κ1) is 20.5. The molecule has 0 atom stereocenters. The summed E-state index contributed by atoms with van der Waals surface area (Å²) < 4.78 is 39.7. The maximum Gasteiger partial charge on any atom is 0.286 e. The largest absolute Gasteiger partial charge is 0.461 e. The standard InChI is InChI=1S/C20H15ClN2O5S2/c21-15-8-4-5-9-17(15)30(25,26)23-20-22-19(24)18(29-20)14(16-11-27-12-28-16)10-13-6-2-1-3-7-13/h1-9,11H,10,12H2,(H,22,23,24). The average Bonchev–Trinajstić information content (AvgIpc) is 3.37. The lowest BCUT2D eigenvalue weighted by Gasteiger charge is -2.09. The fraction of sp³-hybridized carbons (Fsp3) is 0.100. The molecule has 2 aliphatic rings. The molecule has 0 bridgehead atoms. The van der Waals surface area contributed by atoms with Gasteiger partial charge >= 0.3 is 0 Å². The molecule has 0 aliphatic carbocycles. The molecule has 2 aromatic carbocycles. The van der Waals surface area contributed by atoms with E-state index in [1.165, 1.54) is 18.4 Å². The molecule has 0 aromatic heterocycles. The molecule has 7 nitrogen and oxygen atoms in total. The van der Waals surface area contributed by atoms with Gasteiger partial charge in [0.15, 0.2) is 10.9 Å². The second kappa shape index (κ2) is 8.55. The lowest BCUT2D eigenvalue weighted by atomic mass is 10.0. The van der Waals surface area contributed by atoms with E-state index in [-0.39, 0.29) is 21.9 Å². The Labute approximate surface area is 182 Å². The predicted molar refractivity (Wildman–Crippen MR) is 114 cm³/mol. The highest BCUT2D eigenvalue weighted by Gasteiger charge is 2.32. The number of thioether (sulfide) groups is 1. The number of sulfonamides is 1. The van der Waals surface area contributed by atoms with Crippen LogP contribution in [0, 0.1) is 0 Å². The van der Waals surface area contributed by atoms with E-state index in [1.807, 2.05) is 30.3 Å². The molecule has 1 amide bonds. The Hall–Kier alpha value is -2.75. The second-order valence-corrected chi connectivity index (χ2v) is 9.22.